The summed E-state index contributed by atoms with van der Waals surface area (Å²) in [5, 5.41) is 17.8. The molecule has 0 heterocycles. The van der Waals surface area contributed by atoms with Crippen LogP contribution in [0.2, 0.25) is 0 Å². The minimum absolute atomic E-state index is 0.00657. The third-order valence-electron chi connectivity index (χ3n) is 2.37. The minimum Gasteiger partial charge on any atom is -0.508 e. The first kappa shape index (κ1) is 16.1. The lowest BCUT2D eigenvalue weighted by Gasteiger charge is -2.19. The quantitative estimate of drug-likeness (QED) is 0.733. The SMILES string of the molecule is N[C@H](C(=O)O)c1c(O)cc(C(F)(F)F)cc1C(F)(F)F. The molecule has 20 heavy (non-hydrogen) atoms. The first-order valence-corrected chi connectivity index (χ1v) is 4.85. The van der Waals surface area contributed by atoms with Gasteiger partial charge in [-0.3, -0.25) is 4.79 Å². The van der Waals surface area contributed by atoms with Gasteiger partial charge < -0.3 is 15.9 Å². The average Bonchev–Trinajstić information content (AvgIpc) is 2.24. The highest BCUT2D eigenvalue weighted by atomic mass is 19.4. The summed E-state index contributed by atoms with van der Waals surface area (Å²) in [7, 11) is 0. The Morgan fingerprint density at radius 3 is 1.95 bits per heavy atom. The van der Waals surface area contributed by atoms with Gasteiger partial charge in [-0.25, -0.2) is 0 Å². The maximum Gasteiger partial charge on any atom is 0.416 e. The van der Waals surface area contributed by atoms with Crippen LogP contribution in [-0.4, -0.2) is 16.2 Å². The van der Waals surface area contributed by atoms with Crippen LogP contribution in [0.5, 0.6) is 5.75 Å². The number of benzene rings is 1. The summed E-state index contributed by atoms with van der Waals surface area (Å²) in [6.07, 6.45) is -10.4. The maximum atomic E-state index is 12.7. The highest BCUT2D eigenvalue weighted by Crippen LogP contribution is 2.42. The van der Waals surface area contributed by atoms with Crippen molar-refractivity contribution in [2.75, 3.05) is 0 Å². The van der Waals surface area contributed by atoms with Crippen LogP contribution in [0.25, 0.3) is 0 Å². The number of nitrogens with two attached hydrogens (primary N) is 1. The molecule has 1 aromatic carbocycles. The molecule has 0 radical (unpaired) electrons. The Balaban J connectivity index is 3.64. The molecule has 1 rings (SSSR count). The van der Waals surface area contributed by atoms with Crippen LogP contribution in [0, 0.1) is 0 Å². The van der Waals surface area contributed by atoms with Gasteiger partial charge in [0.15, 0.2) is 0 Å². The van der Waals surface area contributed by atoms with E-state index in [9.17, 15) is 36.2 Å². The molecule has 0 aliphatic rings. The lowest BCUT2D eigenvalue weighted by atomic mass is 9.96. The summed E-state index contributed by atoms with van der Waals surface area (Å²) in [6.45, 7) is 0. The second-order valence-electron chi connectivity index (χ2n) is 3.77. The lowest BCUT2D eigenvalue weighted by Crippen LogP contribution is -2.25. The number of carboxylic acid groups (broad SMARTS) is 1. The Kier molecular flexibility index (Phi) is 3.90. The first-order chi connectivity index (χ1) is 8.85. The van der Waals surface area contributed by atoms with Crippen molar-refractivity contribution in [3.63, 3.8) is 0 Å². The third kappa shape index (κ3) is 3.13. The fourth-order valence-electron chi connectivity index (χ4n) is 1.49. The molecule has 0 saturated heterocycles. The van der Waals surface area contributed by atoms with Crippen LogP contribution in [0.4, 0.5) is 26.3 Å². The number of carbonyl (C=O) groups is 1. The van der Waals surface area contributed by atoms with Crippen molar-refractivity contribution in [1.82, 2.24) is 0 Å². The normalized spacial score (nSPS) is 14.2. The number of halogens is 6. The summed E-state index contributed by atoms with van der Waals surface area (Å²) >= 11 is 0. The second-order valence-corrected chi connectivity index (χ2v) is 3.77. The van der Waals surface area contributed by atoms with E-state index in [1.165, 1.54) is 0 Å². The molecule has 1 atom stereocenters. The molecule has 1 aromatic rings. The largest absolute Gasteiger partial charge is 0.508 e. The first-order valence-electron chi connectivity index (χ1n) is 4.85. The molecule has 0 aliphatic carbocycles. The summed E-state index contributed by atoms with van der Waals surface area (Å²) in [5.74, 6) is -3.41. The molecule has 4 N–H and O–H groups in total. The zero-order valence-corrected chi connectivity index (χ0v) is 9.38. The third-order valence-corrected chi connectivity index (χ3v) is 2.37. The van der Waals surface area contributed by atoms with Crippen molar-refractivity contribution >= 4 is 5.97 Å². The van der Waals surface area contributed by atoms with E-state index in [4.69, 9.17) is 10.8 Å². The van der Waals surface area contributed by atoms with Gasteiger partial charge in [0, 0.05) is 5.56 Å². The molecule has 4 nitrogen and oxygen atoms in total. The maximum absolute atomic E-state index is 12.7. The Labute approximate surface area is 107 Å². The molecule has 112 valence electrons. The second kappa shape index (κ2) is 4.85. The zero-order valence-electron chi connectivity index (χ0n) is 9.38. The smallest absolute Gasteiger partial charge is 0.416 e. The zero-order chi connectivity index (χ0) is 15.9. The van der Waals surface area contributed by atoms with Gasteiger partial charge in [-0.2, -0.15) is 26.3 Å². The number of phenols is 1. The van der Waals surface area contributed by atoms with Crippen LogP contribution < -0.4 is 5.73 Å². The van der Waals surface area contributed by atoms with Gasteiger partial charge in [0.05, 0.1) is 11.1 Å². The minimum atomic E-state index is -5.30. The highest BCUT2D eigenvalue weighted by molar-refractivity contribution is 5.77. The molecule has 0 spiro atoms. The van der Waals surface area contributed by atoms with Crippen LogP contribution >= 0.6 is 0 Å². The fourth-order valence-corrected chi connectivity index (χ4v) is 1.49. The summed E-state index contributed by atoms with van der Waals surface area (Å²) in [4.78, 5) is 10.6. The molecule has 0 amide bonds. The number of aliphatic carboxylic acids is 1. The van der Waals surface area contributed by atoms with Crippen molar-refractivity contribution in [2.45, 2.75) is 18.4 Å². The van der Waals surface area contributed by atoms with E-state index >= 15 is 0 Å². The van der Waals surface area contributed by atoms with Gasteiger partial charge in [0.25, 0.3) is 0 Å². The molecule has 10 heteroatoms. The predicted octanol–water partition coefficient (Wildman–Crippen LogP) is 2.51. The average molecular weight is 303 g/mol. The Hall–Kier alpha value is -1.97. The molecule has 0 aromatic heterocycles. The van der Waals surface area contributed by atoms with Gasteiger partial charge in [0.2, 0.25) is 0 Å². The number of carboxylic acids is 1. The van der Waals surface area contributed by atoms with E-state index in [0.29, 0.717) is 0 Å². The number of hydrogen-bond acceptors (Lipinski definition) is 3. The molecule has 0 fully saturated rings. The van der Waals surface area contributed by atoms with Crippen molar-refractivity contribution in [2.24, 2.45) is 5.73 Å². The molecule has 0 aliphatic heterocycles. The fraction of sp³-hybridized carbons (Fsp3) is 0.300. The van der Waals surface area contributed by atoms with E-state index in [1.807, 2.05) is 0 Å². The molecule has 0 bridgehead atoms. The van der Waals surface area contributed by atoms with Crippen LogP contribution in [0.3, 0.4) is 0 Å². The molecular formula is C10H7F6NO3. The van der Waals surface area contributed by atoms with E-state index in [2.05, 4.69) is 0 Å². The molecule has 0 unspecified atom stereocenters. The van der Waals surface area contributed by atoms with E-state index in [0.717, 1.165) is 0 Å². The predicted molar refractivity (Wildman–Crippen MR) is 52.7 cm³/mol. The van der Waals surface area contributed by atoms with Gasteiger partial charge in [0.1, 0.15) is 11.8 Å². The summed E-state index contributed by atoms with van der Waals surface area (Å²) in [5.41, 5.74) is -0.0720. The number of aromatic hydroxyl groups is 1. The number of rotatable bonds is 2. The Morgan fingerprint density at radius 2 is 1.60 bits per heavy atom. The Bertz CT molecular complexity index is 537. The van der Waals surface area contributed by atoms with Gasteiger partial charge in [-0.15, -0.1) is 0 Å². The van der Waals surface area contributed by atoms with E-state index < -0.39 is 46.8 Å². The topological polar surface area (TPSA) is 83.6 Å². The molecular weight excluding hydrogens is 296 g/mol. The van der Waals surface area contributed by atoms with E-state index in [-0.39, 0.29) is 12.1 Å². The van der Waals surface area contributed by atoms with Crippen LogP contribution in [-0.2, 0) is 17.1 Å². The highest BCUT2D eigenvalue weighted by Gasteiger charge is 2.41. The summed E-state index contributed by atoms with van der Waals surface area (Å²) in [6, 6.07) is -2.61. The molecule has 0 saturated carbocycles. The van der Waals surface area contributed by atoms with Crippen LogP contribution in [0.15, 0.2) is 12.1 Å². The summed E-state index contributed by atoms with van der Waals surface area (Å²) < 4.78 is 75.3. The number of phenolic OH excluding ortho intramolecular Hbond substituents is 1. The van der Waals surface area contributed by atoms with Gasteiger partial charge >= 0.3 is 18.3 Å². The van der Waals surface area contributed by atoms with Crippen molar-refractivity contribution in [1.29, 1.82) is 0 Å². The number of hydrogen-bond donors (Lipinski definition) is 3. The van der Waals surface area contributed by atoms with Crippen molar-refractivity contribution < 1.29 is 41.4 Å². The van der Waals surface area contributed by atoms with E-state index in [1.54, 1.807) is 0 Å². The monoisotopic (exact) mass is 303 g/mol. The lowest BCUT2D eigenvalue weighted by molar-refractivity contribution is -0.144. The Morgan fingerprint density at radius 1 is 1.10 bits per heavy atom. The van der Waals surface area contributed by atoms with Crippen LogP contribution in [0.1, 0.15) is 22.7 Å². The van der Waals surface area contributed by atoms with Gasteiger partial charge in [-0.1, -0.05) is 0 Å². The van der Waals surface area contributed by atoms with Crippen molar-refractivity contribution in [3.8, 4) is 5.75 Å². The number of alkyl halides is 6. The van der Waals surface area contributed by atoms with Gasteiger partial charge in [-0.05, 0) is 12.1 Å². The van der Waals surface area contributed by atoms with Crippen molar-refractivity contribution in [3.05, 3.63) is 28.8 Å². The standard InChI is InChI=1S/C10H7F6NO3/c11-9(12,13)3-1-4(10(14,15)16)6(5(18)2-3)7(17)8(19)20/h1-2,7,18H,17H2,(H,19,20)/t7-/m0/s1.